The van der Waals surface area contributed by atoms with Crippen molar-refractivity contribution in [1.29, 1.82) is 0 Å². The van der Waals surface area contributed by atoms with Crippen LogP contribution in [-0.4, -0.2) is 16.3 Å². The Morgan fingerprint density at radius 2 is 2.16 bits per heavy atom. The molecule has 0 radical (unpaired) electrons. The lowest BCUT2D eigenvalue weighted by molar-refractivity contribution is 0.376. The SMILES string of the molecule is CCCNC(CC1CCCC1)c1c(Cl)cnn1CC. The Labute approximate surface area is 121 Å². The topological polar surface area (TPSA) is 29.9 Å². The average molecular weight is 284 g/mol. The van der Waals surface area contributed by atoms with Crippen LogP contribution in [0.4, 0.5) is 0 Å². The molecular formula is C15H26ClN3. The lowest BCUT2D eigenvalue weighted by Gasteiger charge is -2.23. The van der Waals surface area contributed by atoms with E-state index < -0.39 is 0 Å². The molecule has 0 spiro atoms. The second kappa shape index (κ2) is 7.30. The van der Waals surface area contributed by atoms with Crippen LogP contribution in [0.2, 0.25) is 5.02 Å². The highest BCUT2D eigenvalue weighted by molar-refractivity contribution is 6.31. The third kappa shape index (κ3) is 3.73. The van der Waals surface area contributed by atoms with E-state index in [9.17, 15) is 0 Å². The van der Waals surface area contributed by atoms with Crippen molar-refractivity contribution in [3.8, 4) is 0 Å². The highest BCUT2D eigenvalue weighted by Crippen LogP contribution is 2.35. The van der Waals surface area contributed by atoms with Crippen LogP contribution in [0, 0.1) is 5.92 Å². The van der Waals surface area contributed by atoms with E-state index in [-0.39, 0.29) is 0 Å². The zero-order valence-electron chi connectivity index (χ0n) is 12.2. The number of aryl methyl sites for hydroxylation is 1. The van der Waals surface area contributed by atoms with Crippen molar-refractivity contribution in [2.24, 2.45) is 5.92 Å². The number of hydrogen-bond donors (Lipinski definition) is 1. The molecule has 1 N–H and O–H groups in total. The van der Waals surface area contributed by atoms with E-state index in [1.807, 2.05) is 4.68 Å². The normalized spacial score (nSPS) is 18.1. The van der Waals surface area contributed by atoms with Gasteiger partial charge in [-0.25, -0.2) is 0 Å². The summed E-state index contributed by atoms with van der Waals surface area (Å²) in [6.07, 6.45) is 9.68. The van der Waals surface area contributed by atoms with Crippen LogP contribution in [0.3, 0.4) is 0 Å². The van der Waals surface area contributed by atoms with Gasteiger partial charge in [0.05, 0.1) is 23.0 Å². The Hall–Kier alpha value is -0.540. The molecule has 2 rings (SSSR count). The van der Waals surface area contributed by atoms with Gasteiger partial charge in [-0.05, 0) is 32.2 Å². The largest absolute Gasteiger partial charge is 0.309 e. The minimum atomic E-state index is 0.359. The first kappa shape index (κ1) is 14.9. The third-order valence-corrected chi connectivity index (χ3v) is 4.44. The fourth-order valence-electron chi connectivity index (χ4n) is 3.16. The molecule has 1 aromatic heterocycles. The highest BCUT2D eigenvalue weighted by Gasteiger charge is 2.25. The van der Waals surface area contributed by atoms with Gasteiger partial charge >= 0.3 is 0 Å². The first-order chi connectivity index (χ1) is 9.26. The maximum Gasteiger partial charge on any atom is 0.0834 e. The van der Waals surface area contributed by atoms with Crippen molar-refractivity contribution in [3.05, 3.63) is 16.9 Å². The Kier molecular flexibility index (Phi) is 5.71. The van der Waals surface area contributed by atoms with Gasteiger partial charge in [0.15, 0.2) is 0 Å². The zero-order chi connectivity index (χ0) is 13.7. The van der Waals surface area contributed by atoms with Crippen molar-refractivity contribution < 1.29 is 0 Å². The lowest BCUT2D eigenvalue weighted by Crippen LogP contribution is -2.26. The summed E-state index contributed by atoms with van der Waals surface area (Å²) in [5.74, 6) is 0.852. The number of aromatic nitrogens is 2. The molecule has 0 aliphatic heterocycles. The van der Waals surface area contributed by atoms with Crippen LogP contribution in [0.15, 0.2) is 6.20 Å². The Bertz CT molecular complexity index is 383. The van der Waals surface area contributed by atoms with E-state index in [2.05, 4.69) is 24.3 Å². The predicted molar refractivity (Wildman–Crippen MR) is 80.5 cm³/mol. The van der Waals surface area contributed by atoms with Gasteiger partial charge in [-0.15, -0.1) is 0 Å². The fourth-order valence-corrected chi connectivity index (χ4v) is 3.43. The number of hydrogen-bond acceptors (Lipinski definition) is 2. The number of nitrogens with one attached hydrogen (secondary N) is 1. The van der Waals surface area contributed by atoms with Gasteiger partial charge < -0.3 is 5.32 Å². The van der Waals surface area contributed by atoms with Crippen molar-refractivity contribution >= 4 is 11.6 Å². The number of halogens is 1. The molecule has 1 aliphatic carbocycles. The quantitative estimate of drug-likeness (QED) is 0.814. The summed E-state index contributed by atoms with van der Waals surface area (Å²) in [6.45, 7) is 6.26. The molecule has 1 aromatic rings. The standard InChI is InChI=1S/C15H26ClN3/c1-3-9-17-14(10-12-7-5-6-8-12)15-13(16)11-18-19(15)4-2/h11-12,14,17H,3-10H2,1-2H3. The molecule has 1 fully saturated rings. The second-order valence-electron chi connectivity index (χ2n) is 5.59. The van der Waals surface area contributed by atoms with Gasteiger partial charge in [0.25, 0.3) is 0 Å². The maximum absolute atomic E-state index is 6.36. The summed E-state index contributed by atoms with van der Waals surface area (Å²) < 4.78 is 2.05. The predicted octanol–water partition coefficient (Wildman–Crippen LogP) is 4.18. The van der Waals surface area contributed by atoms with Crippen molar-refractivity contribution in [2.45, 2.75) is 65.0 Å². The molecular weight excluding hydrogens is 258 g/mol. The number of rotatable bonds is 7. The van der Waals surface area contributed by atoms with E-state index in [1.54, 1.807) is 6.20 Å². The second-order valence-corrected chi connectivity index (χ2v) is 5.99. The molecule has 1 atom stereocenters. The average Bonchev–Trinajstić information content (AvgIpc) is 3.04. The van der Waals surface area contributed by atoms with E-state index in [4.69, 9.17) is 11.6 Å². The Morgan fingerprint density at radius 1 is 1.42 bits per heavy atom. The molecule has 4 heteroatoms. The molecule has 1 heterocycles. The van der Waals surface area contributed by atoms with Gasteiger partial charge in [-0.1, -0.05) is 44.2 Å². The summed E-state index contributed by atoms with van der Waals surface area (Å²) in [5, 5.41) is 8.86. The molecule has 0 bridgehead atoms. The van der Waals surface area contributed by atoms with Gasteiger partial charge in [0.2, 0.25) is 0 Å². The molecule has 0 saturated heterocycles. The number of nitrogens with zero attached hydrogens (tertiary/aromatic N) is 2. The molecule has 1 unspecified atom stereocenters. The van der Waals surface area contributed by atoms with E-state index in [0.717, 1.165) is 30.5 Å². The minimum absolute atomic E-state index is 0.359. The Morgan fingerprint density at radius 3 is 2.79 bits per heavy atom. The summed E-state index contributed by atoms with van der Waals surface area (Å²) in [4.78, 5) is 0. The smallest absolute Gasteiger partial charge is 0.0834 e. The van der Waals surface area contributed by atoms with Crippen LogP contribution in [-0.2, 0) is 6.54 Å². The van der Waals surface area contributed by atoms with Gasteiger partial charge in [0, 0.05) is 6.54 Å². The lowest BCUT2D eigenvalue weighted by atomic mass is 9.96. The molecule has 0 aromatic carbocycles. The third-order valence-electron chi connectivity index (χ3n) is 4.15. The molecule has 1 saturated carbocycles. The van der Waals surface area contributed by atoms with E-state index in [0.29, 0.717) is 6.04 Å². The van der Waals surface area contributed by atoms with Crippen LogP contribution in [0.25, 0.3) is 0 Å². The summed E-state index contributed by atoms with van der Waals surface area (Å²) in [7, 11) is 0. The van der Waals surface area contributed by atoms with Crippen molar-refractivity contribution in [3.63, 3.8) is 0 Å². The first-order valence-corrected chi connectivity index (χ1v) is 8.08. The monoisotopic (exact) mass is 283 g/mol. The zero-order valence-corrected chi connectivity index (χ0v) is 12.9. The van der Waals surface area contributed by atoms with Crippen molar-refractivity contribution in [2.75, 3.05) is 6.54 Å². The highest BCUT2D eigenvalue weighted by atomic mass is 35.5. The molecule has 19 heavy (non-hydrogen) atoms. The van der Waals surface area contributed by atoms with Gasteiger partial charge in [-0.3, -0.25) is 4.68 Å². The van der Waals surface area contributed by atoms with Gasteiger partial charge in [-0.2, -0.15) is 5.10 Å². The van der Waals surface area contributed by atoms with Crippen LogP contribution in [0.1, 0.15) is 64.1 Å². The van der Waals surface area contributed by atoms with E-state index >= 15 is 0 Å². The first-order valence-electron chi connectivity index (χ1n) is 7.70. The maximum atomic E-state index is 6.36. The summed E-state index contributed by atoms with van der Waals surface area (Å²) in [6, 6.07) is 0.359. The van der Waals surface area contributed by atoms with E-state index in [1.165, 1.54) is 37.8 Å². The molecule has 3 nitrogen and oxygen atoms in total. The van der Waals surface area contributed by atoms with Crippen LogP contribution < -0.4 is 5.32 Å². The summed E-state index contributed by atoms with van der Waals surface area (Å²) >= 11 is 6.36. The fraction of sp³-hybridized carbons (Fsp3) is 0.800. The van der Waals surface area contributed by atoms with Crippen LogP contribution in [0.5, 0.6) is 0 Å². The molecule has 0 amide bonds. The van der Waals surface area contributed by atoms with Crippen molar-refractivity contribution in [1.82, 2.24) is 15.1 Å². The molecule has 1 aliphatic rings. The summed E-state index contributed by atoms with van der Waals surface area (Å²) in [5.41, 5.74) is 1.18. The Balaban J connectivity index is 2.12. The molecule has 108 valence electrons. The minimum Gasteiger partial charge on any atom is -0.309 e. The van der Waals surface area contributed by atoms with Crippen LogP contribution >= 0.6 is 11.6 Å². The van der Waals surface area contributed by atoms with Gasteiger partial charge in [0.1, 0.15) is 0 Å².